The predicted octanol–water partition coefficient (Wildman–Crippen LogP) is 4.97. The molecule has 0 bridgehead atoms. The molecule has 0 aliphatic carbocycles. The second-order valence-electron chi connectivity index (χ2n) is 7.77. The predicted molar refractivity (Wildman–Crippen MR) is 118 cm³/mol. The second kappa shape index (κ2) is 11.0. The lowest BCUT2D eigenvalue weighted by atomic mass is 10.0. The van der Waals surface area contributed by atoms with Gasteiger partial charge in [-0.05, 0) is 56.9 Å². The fourth-order valence-electron chi connectivity index (χ4n) is 3.62. The standard InChI is InChI=1S/C24H32N2O4/c1-17-10-11-23(28-3)22(13-17)18(2)25-24(27)26-20-8-6-7-19(14-20)15-29-16-21-9-4-5-12-30-21/h6-8,10-11,13-14,18,21H,4-5,9,12,15-16H2,1-3H3,(H2,25,26,27). The number of ether oxygens (including phenoxy) is 3. The smallest absolute Gasteiger partial charge is 0.319 e. The lowest BCUT2D eigenvalue weighted by molar-refractivity contribution is -0.0447. The number of hydrogen-bond donors (Lipinski definition) is 2. The largest absolute Gasteiger partial charge is 0.496 e. The normalized spacial score (nSPS) is 17.2. The van der Waals surface area contributed by atoms with Crippen LogP contribution in [0.2, 0.25) is 0 Å². The third-order valence-electron chi connectivity index (χ3n) is 5.23. The maximum absolute atomic E-state index is 12.5. The highest BCUT2D eigenvalue weighted by Gasteiger charge is 2.15. The zero-order valence-electron chi connectivity index (χ0n) is 18.1. The number of amides is 2. The molecule has 1 fully saturated rings. The van der Waals surface area contributed by atoms with Crippen LogP contribution in [0.1, 0.15) is 48.9 Å². The average molecular weight is 413 g/mol. The summed E-state index contributed by atoms with van der Waals surface area (Å²) in [5.41, 5.74) is 3.80. The van der Waals surface area contributed by atoms with Gasteiger partial charge in [0.15, 0.2) is 0 Å². The monoisotopic (exact) mass is 412 g/mol. The summed E-state index contributed by atoms with van der Waals surface area (Å²) < 4.78 is 16.9. The van der Waals surface area contributed by atoms with Gasteiger partial charge in [-0.2, -0.15) is 0 Å². The van der Waals surface area contributed by atoms with E-state index >= 15 is 0 Å². The fraction of sp³-hybridized carbons (Fsp3) is 0.458. The molecule has 0 saturated carbocycles. The van der Waals surface area contributed by atoms with Gasteiger partial charge >= 0.3 is 6.03 Å². The summed E-state index contributed by atoms with van der Waals surface area (Å²) in [6.07, 6.45) is 3.61. The number of anilines is 1. The van der Waals surface area contributed by atoms with Crippen LogP contribution in [-0.4, -0.2) is 32.5 Å². The minimum atomic E-state index is -0.264. The Morgan fingerprint density at radius 2 is 2.10 bits per heavy atom. The van der Waals surface area contributed by atoms with Gasteiger partial charge in [-0.25, -0.2) is 4.79 Å². The summed E-state index contributed by atoms with van der Waals surface area (Å²) in [5, 5.41) is 5.88. The van der Waals surface area contributed by atoms with Crippen LogP contribution >= 0.6 is 0 Å². The highest BCUT2D eigenvalue weighted by atomic mass is 16.5. The van der Waals surface area contributed by atoms with Crippen molar-refractivity contribution in [2.45, 2.75) is 51.9 Å². The van der Waals surface area contributed by atoms with Gasteiger partial charge in [-0.15, -0.1) is 0 Å². The Bertz CT molecular complexity index is 834. The first-order valence-electron chi connectivity index (χ1n) is 10.6. The number of urea groups is 1. The fourth-order valence-corrected chi connectivity index (χ4v) is 3.62. The number of benzene rings is 2. The molecule has 0 aromatic heterocycles. The van der Waals surface area contributed by atoms with E-state index in [-0.39, 0.29) is 18.2 Å². The summed E-state index contributed by atoms with van der Waals surface area (Å²) in [5.74, 6) is 0.759. The summed E-state index contributed by atoms with van der Waals surface area (Å²) in [7, 11) is 1.63. The van der Waals surface area contributed by atoms with Gasteiger partial charge in [0.25, 0.3) is 0 Å². The molecule has 1 aliphatic heterocycles. The molecule has 162 valence electrons. The molecule has 1 heterocycles. The van der Waals surface area contributed by atoms with Crippen LogP contribution in [0.4, 0.5) is 10.5 Å². The molecule has 2 aromatic carbocycles. The number of carbonyl (C=O) groups excluding carboxylic acids is 1. The van der Waals surface area contributed by atoms with Crippen molar-refractivity contribution in [1.82, 2.24) is 5.32 Å². The molecular weight excluding hydrogens is 380 g/mol. The van der Waals surface area contributed by atoms with E-state index in [2.05, 4.69) is 10.6 Å². The molecule has 2 aromatic rings. The van der Waals surface area contributed by atoms with Gasteiger partial charge in [0, 0.05) is 17.9 Å². The Morgan fingerprint density at radius 1 is 1.23 bits per heavy atom. The number of hydrogen-bond acceptors (Lipinski definition) is 4. The van der Waals surface area contributed by atoms with E-state index in [1.165, 1.54) is 6.42 Å². The van der Waals surface area contributed by atoms with Gasteiger partial charge in [0.1, 0.15) is 5.75 Å². The summed E-state index contributed by atoms with van der Waals surface area (Å²) in [4.78, 5) is 12.5. The summed E-state index contributed by atoms with van der Waals surface area (Å²) in [6.45, 7) is 5.88. The van der Waals surface area contributed by atoms with Crippen LogP contribution in [0.3, 0.4) is 0 Å². The molecule has 1 aliphatic rings. The molecule has 0 spiro atoms. The zero-order valence-corrected chi connectivity index (χ0v) is 18.1. The van der Waals surface area contributed by atoms with E-state index in [1.54, 1.807) is 7.11 Å². The van der Waals surface area contributed by atoms with Crippen LogP contribution < -0.4 is 15.4 Å². The van der Waals surface area contributed by atoms with Crippen LogP contribution in [0.15, 0.2) is 42.5 Å². The first kappa shape index (κ1) is 22.1. The molecule has 2 N–H and O–H groups in total. The van der Waals surface area contributed by atoms with E-state index in [0.29, 0.717) is 13.2 Å². The lowest BCUT2D eigenvalue weighted by Crippen LogP contribution is -2.31. The maximum Gasteiger partial charge on any atom is 0.319 e. The summed E-state index contributed by atoms with van der Waals surface area (Å²) >= 11 is 0. The first-order chi connectivity index (χ1) is 14.5. The quantitative estimate of drug-likeness (QED) is 0.642. The number of aryl methyl sites for hydroxylation is 1. The Balaban J connectivity index is 1.51. The third-order valence-corrected chi connectivity index (χ3v) is 5.23. The number of carbonyl (C=O) groups is 1. The molecule has 1 saturated heterocycles. The number of nitrogens with one attached hydrogen (secondary N) is 2. The molecule has 3 rings (SSSR count). The van der Waals surface area contributed by atoms with Gasteiger partial charge < -0.3 is 24.8 Å². The molecule has 30 heavy (non-hydrogen) atoms. The molecule has 0 radical (unpaired) electrons. The second-order valence-corrected chi connectivity index (χ2v) is 7.77. The molecule has 6 nitrogen and oxygen atoms in total. The topological polar surface area (TPSA) is 68.8 Å². The Hall–Kier alpha value is -2.57. The minimum Gasteiger partial charge on any atom is -0.496 e. The molecule has 6 heteroatoms. The Kier molecular flexibility index (Phi) is 8.11. The van der Waals surface area contributed by atoms with Gasteiger partial charge in [-0.3, -0.25) is 0 Å². The van der Waals surface area contributed by atoms with Gasteiger partial charge in [0.2, 0.25) is 0 Å². The van der Waals surface area contributed by atoms with Crippen LogP contribution in [0, 0.1) is 6.92 Å². The SMILES string of the molecule is COc1ccc(C)cc1C(C)NC(=O)Nc1cccc(COCC2CCCCO2)c1. The van der Waals surface area contributed by atoms with Crippen LogP contribution in [-0.2, 0) is 16.1 Å². The van der Waals surface area contributed by atoms with E-state index in [9.17, 15) is 4.79 Å². The molecule has 2 amide bonds. The average Bonchev–Trinajstić information content (AvgIpc) is 2.74. The lowest BCUT2D eigenvalue weighted by Gasteiger charge is -2.22. The van der Waals surface area contributed by atoms with E-state index < -0.39 is 0 Å². The van der Waals surface area contributed by atoms with Crippen molar-refractivity contribution in [3.05, 3.63) is 59.2 Å². The van der Waals surface area contributed by atoms with Crippen molar-refractivity contribution < 1.29 is 19.0 Å². The van der Waals surface area contributed by atoms with E-state index in [0.717, 1.165) is 47.6 Å². The van der Waals surface area contributed by atoms with Crippen molar-refractivity contribution in [3.63, 3.8) is 0 Å². The molecule has 2 unspecified atom stereocenters. The van der Waals surface area contributed by atoms with Gasteiger partial charge in [-0.1, -0.05) is 29.8 Å². The number of methoxy groups -OCH3 is 1. The van der Waals surface area contributed by atoms with Gasteiger partial charge in [0.05, 0.1) is 32.5 Å². The van der Waals surface area contributed by atoms with Crippen LogP contribution in [0.5, 0.6) is 5.75 Å². The van der Waals surface area contributed by atoms with E-state index in [1.807, 2.05) is 56.3 Å². The van der Waals surface area contributed by atoms with Crippen molar-refractivity contribution >= 4 is 11.7 Å². The zero-order chi connectivity index (χ0) is 21.3. The first-order valence-corrected chi connectivity index (χ1v) is 10.6. The molecular formula is C24H32N2O4. The highest BCUT2D eigenvalue weighted by Crippen LogP contribution is 2.26. The van der Waals surface area contributed by atoms with Crippen molar-refractivity contribution in [2.24, 2.45) is 0 Å². The minimum absolute atomic E-state index is 0.193. The van der Waals surface area contributed by atoms with Crippen molar-refractivity contribution in [3.8, 4) is 5.75 Å². The van der Waals surface area contributed by atoms with Crippen molar-refractivity contribution in [2.75, 3.05) is 25.6 Å². The highest BCUT2D eigenvalue weighted by molar-refractivity contribution is 5.89. The maximum atomic E-state index is 12.5. The van der Waals surface area contributed by atoms with Crippen molar-refractivity contribution in [1.29, 1.82) is 0 Å². The summed E-state index contributed by atoms with van der Waals surface area (Å²) in [6, 6.07) is 13.2. The van der Waals surface area contributed by atoms with E-state index in [4.69, 9.17) is 14.2 Å². The van der Waals surface area contributed by atoms with Crippen LogP contribution in [0.25, 0.3) is 0 Å². The molecule has 2 atom stereocenters. The Morgan fingerprint density at radius 3 is 2.87 bits per heavy atom. The Labute approximate surface area is 178 Å². The third kappa shape index (κ3) is 6.47. The number of rotatable bonds is 8.